The molecule has 0 spiro atoms. The number of rotatable bonds is 4. The van der Waals surface area contributed by atoms with Gasteiger partial charge in [-0.2, -0.15) is 26.6 Å². The maximum absolute atomic E-state index is 12.5. The van der Waals surface area contributed by atoms with Gasteiger partial charge in [-0.1, -0.05) is 5.16 Å². The lowest BCUT2D eigenvalue weighted by Gasteiger charge is -2.09. The number of alkyl halides is 3. The van der Waals surface area contributed by atoms with Crippen molar-refractivity contribution in [2.75, 3.05) is 0 Å². The summed E-state index contributed by atoms with van der Waals surface area (Å²) in [6, 6.07) is 8.86. The fourth-order valence-electron chi connectivity index (χ4n) is 2.06. The molecule has 0 amide bonds. The number of hydrogen-bond acceptors (Lipinski definition) is 6. The Balaban J connectivity index is 1.79. The second-order valence-electron chi connectivity index (χ2n) is 5.22. The zero-order chi connectivity index (χ0) is 18.9. The molecule has 0 radical (unpaired) electrons. The average molecular weight is 384 g/mol. The zero-order valence-corrected chi connectivity index (χ0v) is 14.0. The Morgan fingerprint density at radius 2 is 1.62 bits per heavy atom. The average Bonchev–Trinajstić information content (AvgIpc) is 3.01. The van der Waals surface area contributed by atoms with E-state index in [0.29, 0.717) is 29.4 Å². The third kappa shape index (κ3) is 3.85. The first-order valence-electron chi connectivity index (χ1n) is 7.18. The van der Waals surface area contributed by atoms with E-state index in [1.165, 1.54) is 24.3 Å². The van der Waals surface area contributed by atoms with Crippen LogP contribution in [0.3, 0.4) is 0 Å². The van der Waals surface area contributed by atoms with Gasteiger partial charge in [-0.25, -0.2) is 0 Å². The van der Waals surface area contributed by atoms with Gasteiger partial charge in [0.1, 0.15) is 10.6 Å². The van der Waals surface area contributed by atoms with Crippen molar-refractivity contribution in [1.29, 1.82) is 0 Å². The van der Waals surface area contributed by atoms with Crippen LogP contribution in [0.25, 0.3) is 11.4 Å². The largest absolute Gasteiger partial charge is 0.416 e. The predicted molar refractivity (Wildman–Crippen MR) is 83.7 cm³/mol. The van der Waals surface area contributed by atoms with E-state index < -0.39 is 21.9 Å². The highest BCUT2D eigenvalue weighted by molar-refractivity contribution is 7.87. The molecular formula is C16H11F3N2O4S. The third-order valence-corrected chi connectivity index (χ3v) is 4.58. The second kappa shape index (κ2) is 6.45. The van der Waals surface area contributed by atoms with Gasteiger partial charge in [0.2, 0.25) is 11.7 Å². The summed E-state index contributed by atoms with van der Waals surface area (Å²) in [4.78, 5) is 3.65. The van der Waals surface area contributed by atoms with Crippen LogP contribution in [0.5, 0.6) is 5.75 Å². The molecule has 1 aromatic heterocycles. The number of aromatic nitrogens is 2. The molecule has 10 heteroatoms. The van der Waals surface area contributed by atoms with Gasteiger partial charge in [0.15, 0.2) is 0 Å². The number of benzene rings is 2. The van der Waals surface area contributed by atoms with E-state index in [1.807, 2.05) is 0 Å². The molecule has 0 bridgehead atoms. The lowest BCUT2D eigenvalue weighted by molar-refractivity contribution is -0.137. The lowest BCUT2D eigenvalue weighted by atomic mass is 10.2. The molecule has 0 fully saturated rings. The molecule has 1 heterocycles. The molecule has 26 heavy (non-hydrogen) atoms. The first kappa shape index (κ1) is 17.9. The summed E-state index contributed by atoms with van der Waals surface area (Å²) in [6.07, 6.45) is -4.55. The first-order valence-corrected chi connectivity index (χ1v) is 8.58. The monoisotopic (exact) mass is 384 g/mol. The van der Waals surface area contributed by atoms with E-state index in [-0.39, 0.29) is 10.6 Å². The summed E-state index contributed by atoms with van der Waals surface area (Å²) in [5.41, 5.74) is -0.364. The Hall–Kier alpha value is -2.88. The molecule has 3 rings (SSSR count). The fraction of sp³-hybridized carbons (Fsp3) is 0.125. The quantitative estimate of drug-likeness (QED) is 0.636. The molecule has 3 aromatic rings. The molecule has 2 aromatic carbocycles. The molecule has 0 aliphatic carbocycles. The topological polar surface area (TPSA) is 82.3 Å². The van der Waals surface area contributed by atoms with E-state index in [9.17, 15) is 21.6 Å². The SMILES string of the molecule is Cc1nc(-c2ccc(OS(=O)(=O)c3ccc(C(F)(F)F)cc3)cc2)no1. The molecule has 6 nitrogen and oxygen atoms in total. The third-order valence-electron chi connectivity index (χ3n) is 3.32. The standard InChI is InChI=1S/C16H11F3N2O4S/c1-10-20-15(21-24-10)11-2-6-13(7-3-11)25-26(22,23)14-8-4-12(5-9-14)16(17,18)19/h2-9H,1H3. The summed E-state index contributed by atoms with van der Waals surface area (Å²) in [6.45, 7) is 1.63. The smallest absolute Gasteiger partial charge is 0.379 e. The van der Waals surface area contributed by atoms with Gasteiger partial charge in [-0.05, 0) is 48.5 Å². The molecular weight excluding hydrogens is 373 g/mol. The minimum Gasteiger partial charge on any atom is -0.379 e. The Morgan fingerprint density at radius 1 is 1.00 bits per heavy atom. The Bertz CT molecular complexity index is 1010. The van der Waals surface area contributed by atoms with Gasteiger partial charge in [-0.15, -0.1) is 0 Å². The lowest BCUT2D eigenvalue weighted by Crippen LogP contribution is -2.11. The van der Waals surface area contributed by atoms with Crippen molar-refractivity contribution < 1.29 is 30.3 Å². The van der Waals surface area contributed by atoms with Crippen molar-refractivity contribution in [3.05, 3.63) is 60.0 Å². The first-order chi connectivity index (χ1) is 12.1. The summed E-state index contributed by atoms with van der Waals surface area (Å²) in [5, 5.41) is 3.73. The number of halogens is 3. The van der Waals surface area contributed by atoms with Crippen LogP contribution in [0.4, 0.5) is 13.2 Å². The van der Waals surface area contributed by atoms with Crippen LogP contribution < -0.4 is 4.18 Å². The van der Waals surface area contributed by atoms with Crippen LogP contribution in [0, 0.1) is 6.92 Å². The molecule has 0 aliphatic rings. The highest BCUT2D eigenvalue weighted by Gasteiger charge is 2.30. The van der Waals surface area contributed by atoms with Crippen molar-refractivity contribution in [2.45, 2.75) is 18.0 Å². The van der Waals surface area contributed by atoms with Gasteiger partial charge in [0.05, 0.1) is 5.56 Å². The van der Waals surface area contributed by atoms with E-state index >= 15 is 0 Å². The molecule has 136 valence electrons. The number of hydrogen-bond donors (Lipinski definition) is 0. The van der Waals surface area contributed by atoms with E-state index in [2.05, 4.69) is 10.1 Å². The Labute approximate surface area is 146 Å². The predicted octanol–water partition coefficient (Wildman–Crippen LogP) is 3.83. The second-order valence-corrected chi connectivity index (χ2v) is 6.77. The summed E-state index contributed by atoms with van der Waals surface area (Å²) < 4.78 is 71.8. The van der Waals surface area contributed by atoms with Crippen LogP contribution in [0.2, 0.25) is 0 Å². The molecule has 0 unspecified atom stereocenters. The minimum absolute atomic E-state index is 0.00568. The Kier molecular flexibility index (Phi) is 4.45. The maximum Gasteiger partial charge on any atom is 0.416 e. The summed E-state index contributed by atoms with van der Waals surface area (Å²) in [5.74, 6) is 0.707. The highest BCUT2D eigenvalue weighted by atomic mass is 32.2. The van der Waals surface area contributed by atoms with Crippen LogP contribution in [-0.4, -0.2) is 18.6 Å². The molecule has 0 aliphatic heterocycles. The number of nitrogens with zero attached hydrogens (tertiary/aromatic N) is 2. The molecule has 0 saturated carbocycles. The van der Waals surface area contributed by atoms with E-state index in [1.54, 1.807) is 6.92 Å². The maximum atomic E-state index is 12.5. The van der Waals surface area contributed by atoms with Crippen molar-refractivity contribution in [2.24, 2.45) is 0 Å². The minimum atomic E-state index is -4.55. The van der Waals surface area contributed by atoms with E-state index in [4.69, 9.17) is 8.71 Å². The van der Waals surface area contributed by atoms with Crippen molar-refractivity contribution in [1.82, 2.24) is 10.1 Å². The van der Waals surface area contributed by atoms with Crippen LogP contribution in [0.15, 0.2) is 57.9 Å². The van der Waals surface area contributed by atoms with Crippen molar-refractivity contribution in [3.63, 3.8) is 0 Å². The van der Waals surface area contributed by atoms with Crippen LogP contribution >= 0.6 is 0 Å². The van der Waals surface area contributed by atoms with Gasteiger partial charge < -0.3 is 8.71 Å². The molecule has 0 atom stereocenters. The summed E-state index contributed by atoms with van der Waals surface area (Å²) in [7, 11) is -4.27. The van der Waals surface area contributed by atoms with Crippen LogP contribution in [0.1, 0.15) is 11.5 Å². The highest BCUT2D eigenvalue weighted by Crippen LogP contribution is 2.30. The molecule has 0 saturated heterocycles. The van der Waals surface area contributed by atoms with Crippen molar-refractivity contribution in [3.8, 4) is 17.1 Å². The normalized spacial score (nSPS) is 12.2. The zero-order valence-electron chi connectivity index (χ0n) is 13.2. The van der Waals surface area contributed by atoms with Gasteiger partial charge in [0, 0.05) is 12.5 Å². The summed E-state index contributed by atoms with van der Waals surface area (Å²) >= 11 is 0. The van der Waals surface area contributed by atoms with Crippen molar-refractivity contribution >= 4 is 10.1 Å². The van der Waals surface area contributed by atoms with E-state index in [0.717, 1.165) is 12.1 Å². The Morgan fingerprint density at radius 3 is 2.12 bits per heavy atom. The van der Waals surface area contributed by atoms with Gasteiger partial charge >= 0.3 is 16.3 Å². The fourth-order valence-corrected chi connectivity index (χ4v) is 2.99. The number of aryl methyl sites for hydroxylation is 1. The van der Waals surface area contributed by atoms with Gasteiger partial charge in [0.25, 0.3) is 0 Å². The van der Waals surface area contributed by atoms with Gasteiger partial charge in [-0.3, -0.25) is 0 Å². The van der Waals surface area contributed by atoms with Crippen LogP contribution in [-0.2, 0) is 16.3 Å². The molecule has 0 N–H and O–H groups in total.